The normalized spacial score (nSPS) is 16.3. The maximum Gasteiger partial charge on any atom is 0.354 e. The number of hydrogen-bond donors (Lipinski definition) is 1. The number of pyridine rings is 2. The van der Waals surface area contributed by atoms with Crippen molar-refractivity contribution in [1.29, 1.82) is 0 Å². The molecule has 1 atom stereocenters. The van der Waals surface area contributed by atoms with E-state index in [9.17, 15) is 14.7 Å². The number of phenols is 1. The highest BCUT2D eigenvalue weighted by molar-refractivity contribution is 5.98. The molecule has 0 spiro atoms. The van der Waals surface area contributed by atoms with Crippen LogP contribution in [-0.2, 0) is 4.79 Å². The van der Waals surface area contributed by atoms with Crippen molar-refractivity contribution < 1.29 is 23.4 Å². The summed E-state index contributed by atoms with van der Waals surface area (Å²) in [7, 11) is 0. The molecule has 1 fully saturated rings. The molecule has 216 valence electrons. The lowest BCUT2D eigenvalue weighted by Gasteiger charge is -2.40. The van der Waals surface area contributed by atoms with Crippen molar-refractivity contribution in [1.82, 2.24) is 24.4 Å². The molecule has 1 saturated heterocycles. The van der Waals surface area contributed by atoms with Crippen molar-refractivity contribution in [2.45, 2.75) is 32.7 Å². The fourth-order valence-corrected chi connectivity index (χ4v) is 5.73. The van der Waals surface area contributed by atoms with Gasteiger partial charge in [0.25, 0.3) is 0 Å². The van der Waals surface area contributed by atoms with Crippen molar-refractivity contribution >= 4 is 22.6 Å². The smallest absolute Gasteiger partial charge is 0.354 e. The highest BCUT2D eigenvalue weighted by Gasteiger charge is 2.38. The van der Waals surface area contributed by atoms with E-state index in [4.69, 9.17) is 4.74 Å². The number of carbonyl (C=O) groups excluding carboxylic acids is 1. The molecule has 42 heavy (non-hydrogen) atoms. The number of ether oxygens (including phenoxy) is 1. The highest BCUT2D eigenvalue weighted by atomic mass is 19.1. The lowest BCUT2D eigenvalue weighted by Crippen LogP contribution is -2.56. The Morgan fingerprint density at radius 3 is 2.71 bits per heavy atom. The number of hydrogen-bond acceptors (Lipinski definition) is 8. The minimum atomic E-state index is -1.03. The molecule has 0 aliphatic carbocycles. The molecule has 5 heterocycles. The van der Waals surface area contributed by atoms with Gasteiger partial charge in [0.2, 0.25) is 11.8 Å². The number of nitrogens with zero attached hydrogens (tertiary/aromatic N) is 6. The van der Waals surface area contributed by atoms with Crippen LogP contribution in [0.4, 0.5) is 14.6 Å². The maximum atomic E-state index is 16.9. The molecule has 12 heteroatoms. The molecular formula is C30H28F2N6O4. The fourth-order valence-electron chi connectivity index (χ4n) is 5.73. The second-order valence-electron chi connectivity index (χ2n) is 10.7. The van der Waals surface area contributed by atoms with Gasteiger partial charge in [-0.25, -0.2) is 18.6 Å². The van der Waals surface area contributed by atoms with Gasteiger partial charge in [0.15, 0.2) is 5.82 Å². The Hall–Kier alpha value is -4.87. The van der Waals surface area contributed by atoms with E-state index in [-0.39, 0.29) is 47.6 Å². The van der Waals surface area contributed by atoms with E-state index in [2.05, 4.69) is 21.5 Å². The van der Waals surface area contributed by atoms with Crippen molar-refractivity contribution in [2.24, 2.45) is 0 Å². The lowest BCUT2D eigenvalue weighted by molar-refractivity contribution is -0.126. The summed E-state index contributed by atoms with van der Waals surface area (Å²) in [4.78, 5) is 43.1. The molecule has 1 amide bonds. The minimum Gasteiger partial charge on any atom is -0.507 e. The van der Waals surface area contributed by atoms with Gasteiger partial charge >= 0.3 is 5.69 Å². The van der Waals surface area contributed by atoms with E-state index >= 15 is 8.78 Å². The van der Waals surface area contributed by atoms with Gasteiger partial charge in [0.1, 0.15) is 40.6 Å². The molecule has 6 rings (SSSR count). The molecule has 0 saturated carbocycles. The average Bonchev–Trinajstić information content (AvgIpc) is 3.11. The van der Waals surface area contributed by atoms with E-state index in [1.807, 2.05) is 18.7 Å². The summed E-state index contributed by atoms with van der Waals surface area (Å²) in [5.74, 6) is -2.79. The maximum absolute atomic E-state index is 16.9. The number of aromatic nitrogens is 4. The van der Waals surface area contributed by atoms with Crippen molar-refractivity contribution in [3.05, 3.63) is 76.5 Å². The van der Waals surface area contributed by atoms with Crippen LogP contribution in [-0.4, -0.2) is 67.7 Å². The van der Waals surface area contributed by atoms with Crippen LogP contribution in [0.15, 0.2) is 47.9 Å². The Kier molecular flexibility index (Phi) is 6.63. The number of fused-ring (bicyclic) bond motifs is 2. The SMILES string of the molecule is C=CC(=O)N1CCN2c3nc(=O)n(-c4c(C)ccnc4C(C)C)c4c(F)c(-c5c(O)cccc5F)nc(c34)OC[C@@H]2C1. The second kappa shape index (κ2) is 10.2. The number of benzene rings is 1. The number of carbonyl (C=O) groups is 1. The zero-order valence-corrected chi connectivity index (χ0v) is 23.3. The summed E-state index contributed by atoms with van der Waals surface area (Å²) < 4.78 is 39.3. The molecule has 3 aromatic heterocycles. The van der Waals surface area contributed by atoms with Crippen LogP contribution in [0, 0.1) is 18.6 Å². The van der Waals surface area contributed by atoms with Crippen LogP contribution in [0.2, 0.25) is 0 Å². The van der Waals surface area contributed by atoms with Crippen LogP contribution in [0.1, 0.15) is 31.0 Å². The summed E-state index contributed by atoms with van der Waals surface area (Å²) in [6.07, 6.45) is 2.84. The summed E-state index contributed by atoms with van der Waals surface area (Å²) in [6.45, 7) is 10.0. The van der Waals surface area contributed by atoms with E-state index in [1.54, 1.807) is 24.1 Å². The van der Waals surface area contributed by atoms with Crippen LogP contribution in [0.3, 0.4) is 0 Å². The molecule has 2 aliphatic heterocycles. The van der Waals surface area contributed by atoms with Crippen LogP contribution < -0.4 is 15.3 Å². The molecule has 0 radical (unpaired) electrons. The number of halogens is 2. The number of aromatic hydroxyl groups is 1. The van der Waals surface area contributed by atoms with Gasteiger partial charge in [-0.05, 0) is 42.7 Å². The third-order valence-corrected chi connectivity index (χ3v) is 7.73. The largest absolute Gasteiger partial charge is 0.507 e. The molecule has 1 aromatic carbocycles. The number of phenolic OH excluding ortho intramolecular Hbond substituents is 1. The van der Waals surface area contributed by atoms with Crippen molar-refractivity contribution in [2.75, 3.05) is 31.1 Å². The van der Waals surface area contributed by atoms with Crippen molar-refractivity contribution in [3.8, 4) is 28.6 Å². The Bertz CT molecular complexity index is 1820. The molecule has 1 N–H and O–H groups in total. The molecule has 4 aromatic rings. The number of piperazine rings is 1. The van der Waals surface area contributed by atoms with Crippen LogP contribution >= 0.6 is 0 Å². The van der Waals surface area contributed by atoms with Crippen LogP contribution in [0.25, 0.3) is 27.8 Å². The van der Waals surface area contributed by atoms with Gasteiger partial charge in [-0.15, -0.1) is 0 Å². The van der Waals surface area contributed by atoms with Gasteiger partial charge in [-0.2, -0.15) is 4.98 Å². The first-order valence-electron chi connectivity index (χ1n) is 13.5. The zero-order valence-electron chi connectivity index (χ0n) is 23.3. The number of amides is 1. The molecule has 2 aliphatic rings. The first kappa shape index (κ1) is 27.3. The topological polar surface area (TPSA) is 114 Å². The van der Waals surface area contributed by atoms with Gasteiger partial charge in [-0.3, -0.25) is 14.3 Å². The Morgan fingerprint density at radius 2 is 2.00 bits per heavy atom. The van der Waals surface area contributed by atoms with E-state index in [0.29, 0.717) is 30.0 Å². The second-order valence-corrected chi connectivity index (χ2v) is 10.7. The zero-order chi connectivity index (χ0) is 29.9. The quantitative estimate of drug-likeness (QED) is 0.366. The Labute approximate surface area is 239 Å². The first-order valence-corrected chi connectivity index (χ1v) is 13.5. The number of anilines is 1. The van der Waals surface area contributed by atoms with Gasteiger partial charge in [0.05, 0.1) is 23.0 Å². The highest BCUT2D eigenvalue weighted by Crippen LogP contribution is 2.43. The third-order valence-electron chi connectivity index (χ3n) is 7.73. The Balaban J connectivity index is 1.72. The minimum absolute atomic E-state index is 0.0189. The fraction of sp³-hybridized carbons (Fsp3) is 0.300. The number of aryl methyl sites for hydroxylation is 1. The number of rotatable bonds is 4. The molecule has 10 nitrogen and oxygen atoms in total. The predicted octanol–water partition coefficient (Wildman–Crippen LogP) is 3.85. The van der Waals surface area contributed by atoms with E-state index in [0.717, 1.165) is 10.6 Å². The summed E-state index contributed by atoms with van der Waals surface area (Å²) in [6, 6.07) is 4.86. The third kappa shape index (κ3) is 4.16. The predicted molar refractivity (Wildman–Crippen MR) is 152 cm³/mol. The Morgan fingerprint density at radius 1 is 1.21 bits per heavy atom. The first-order chi connectivity index (χ1) is 20.1. The van der Waals surface area contributed by atoms with Crippen LogP contribution in [0.5, 0.6) is 11.6 Å². The van der Waals surface area contributed by atoms with Gasteiger partial charge in [-0.1, -0.05) is 26.5 Å². The lowest BCUT2D eigenvalue weighted by atomic mass is 10.0. The van der Waals surface area contributed by atoms with E-state index < -0.39 is 40.4 Å². The standard InChI is InChI=1S/C30H28F2N6O4/c1-5-20(40)36-11-12-37-17(13-36)14-42-29-22-27(23(32)25(34-29)21-18(31)7-6-8-19(21)39)38(30(41)35-28(22)37)26-16(4)9-10-33-24(26)15(2)3/h5-10,15,17,39H,1,11-14H2,2-4H3/t17-/m0/s1. The molecule has 0 unspecified atom stereocenters. The van der Waals surface area contributed by atoms with Gasteiger partial charge in [0, 0.05) is 25.8 Å². The summed E-state index contributed by atoms with van der Waals surface area (Å²) in [5, 5.41) is 10.7. The molecular weight excluding hydrogens is 546 g/mol. The average molecular weight is 575 g/mol. The summed E-state index contributed by atoms with van der Waals surface area (Å²) >= 11 is 0. The summed E-state index contributed by atoms with van der Waals surface area (Å²) in [5.41, 5.74) is -0.466. The monoisotopic (exact) mass is 574 g/mol. The van der Waals surface area contributed by atoms with E-state index in [1.165, 1.54) is 18.2 Å². The van der Waals surface area contributed by atoms with Crippen molar-refractivity contribution in [3.63, 3.8) is 0 Å². The molecule has 0 bridgehead atoms. The van der Waals surface area contributed by atoms with Gasteiger partial charge < -0.3 is 19.6 Å².